The van der Waals surface area contributed by atoms with Gasteiger partial charge in [-0.25, -0.2) is 14.8 Å². The number of pyridine rings is 1. The van der Waals surface area contributed by atoms with Crippen LogP contribution >= 0.6 is 0 Å². The van der Waals surface area contributed by atoms with E-state index >= 15 is 0 Å². The number of ether oxygens (including phenoxy) is 1. The van der Waals surface area contributed by atoms with Crippen LogP contribution in [0.4, 0.5) is 33.2 Å². The molecule has 0 atom stereocenters. The van der Waals surface area contributed by atoms with E-state index in [4.69, 9.17) is 4.74 Å². The summed E-state index contributed by atoms with van der Waals surface area (Å²) in [7, 11) is 0. The normalized spacial score (nSPS) is 16.5. The molecule has 0 aliphatic carbocycles. The second kappa shape index (κ2) is 11.1. The molecule has 2 aliphatic heterocycles. The van der Waals surface area contributed by atoms with Crippen LogP contribution in [0.3, 0.4) is 0 Å². The fourth-order valence-corrected chi connectivity index (χ4v) is 3.97. The van der Waals surface area contributed by atoms with Crippen molar-refractivity contribution in [3.05, 3.63) is 60.3 Å². The van der Waals surface area contributed by atoms with E-state index in [1.807, 2.05) is 17.0 Å². The fraction of sp³-hybridized carbons (Fsp3) is 0.333. The van der Waals surface area contributed by atoms with Crippen LogP contribution in [0.5, 0.6) is 0 Å². The van der Waals surface area contributed by atoms with E-state index in [9.17, 15) is 4.39 Å². The minimum Gasteiger partial charge on any atom is -0.378 e. The number of hydrazone groups is 1. The first-order valence-electron chi connectivity index (χ1n) is 11.7. The molecule has 11 heteroatoms. The molecule has 10 nitrogen and oxygen atoms in total. The topological polar surface area (TPSA) is 103 Å². The number of piperazine rings is 1. The fourth-order valence-electron chi connectivity index (χ4n) is 3.97. The van der Waals surface area contributed by atoms with E-state index in [-0.39, 0.29) is 11.8 Å². The van der Waals surface area contributed by atoms with Gasteiger partial charge in [0.25, 0.3) is 0 Å². The second-order valence-electron chi connectivity index (χ2n) is 8.22. The minimum atomic E-state index is -0.468. The standard InChI is InChI=1S/C24H28FN9O/c25-22-17-28-24(31-23(22)34-11-13-35-14-12-34)32-29-16-19-1-2-20(15-27-19)30-18-3-5-21(6-4-18)33-9-7-26-8-10-33/h1-6,15-17,26,30H,7-14H2,(H,28,31,32)/b29-16+. The number of benzene rings is 1. The number of hydrogen-bond donors (Lipinski definition) is 3. The van der Waals surface area contributed by atoms with Gasteiger partial charge in [-0.15, -0.1) is 0 Å². The highest BCUT2D eigenvalue weighted by Crippen LogP contribution is 2.21. The first-order chi connectivity index (χ1) is 17.2. The molecule has 0 bridgehead atoms. The Morgan fingerprint density at radius 2 is 1.69 bits per heavy atom. The van der Waals surface area contributed by atoms with Gasteiger partial charge in [-0.1, -0.05) is 0 Å². The third-order valence-electron chi connectivity index (χ3n) is 5.82. The molecule has 0 saturated carbocycles. The highest BCUT2D eigenvalue weighted by Gasteiger charge is 2.17. The molecule has 0 spiro atoms. The lowest BCUT2D eigenvalue weighted by Crippen LogP contribution is -2.43. The smallest absolute Gasteiger partial charge is 0.245 e. The average Bonchev–Trinajstić information content (AvgIpc) is 2.92. The number of morpholine rings is 1. The monoisotopic (exact) mass is 477 g/mol. The Bertz CT molecular complexity index is 1130. The Morgan fingerprint density at radius 1 is 0.914 bits per heavy atom. The van der Waals surface area contributed by atoms with E-state index in [0.717, 1.165) is 43.8 Å². The SMILES string of the molecule is Fc1cnc(N/N=C/c2ccc(Nc3ccc(N4CCNCC4)cc3)cn2)nc1N1CCOCC1. The van der Waals surface area contributed by atoms with Crippen molar-refractivity contribution in [2.24, 2.45) is 5.10 Å². The summed E-state index contributed by atoms with van der Waals surface area (Å²) in [4.78, 5) is 16.8. The molecule has 0 unspecified atom stereocenters. The van der Waals surface area contributed by atoms with Crippen molar-refractivity contribution >= 4 is 35.0 Å². The lowest BCUT2D eigenvalue weighted by atomic mass is 10.2. The van der Waals surface area contributed by atoms with E-state index in [1.54, 1.807) is 12.4 Å². The molecule has 0 radical (unpaired) electrons. The molecule has 2 aliphatic rings. The summed E-state index contributed by atoms with van der Waals surface area (Å²) in [6, 6.07) is 12.2. The number of hydrogen-bond acceptors (Lipinski definition) is 10. The Morgan fingerprint density at radius 3 is 2.43 bits per heavy atom. The van der Waals surface area contributed by atoms with Crippen LogP contribution in [0.15, 0.2) is 53.9 Å². The Kier molecular flexibility index (Phi) is 7.25. The third kappa shape index (κ3) is 6.00. The summed E-state index contributed by atoms with van der Waals surface area (Å²) in [6.07, 6.45) is 4.45. The van der Waals surface area contributed by atoms with Gasteiger partial charge in [0.1, 0.15) is 0 Å². The molecule has 5 rings (SSSR count). The first kappa shape index (κ1) is 22.9. The maximum atomic E-state index is 14.1. The zero-order valence-corrected chi connectivity index (χ0v) is 19.3. The van der Waals surface area contributed by atoms with Crippen LogP contribution < -0.4 is 25.9 Å². The average molecular weight is 478 g/mol. The highest BCUT2D eigenvalue weighted by molar-refractivity contribution is 5.78. The summed E-state index contributed by atoms with van der Waals surface area (Å²) in [5.41, 5.74) is 6.51. The van der Waals surface area contributed by atoms with E-state index in [2.05, 4.69) is 65.3 Å². The van der Waals surface area contributed by atoms with Gasteiger partial charge < -0.3 is 25.2 Å². The van der Waals surface area contributed by atoms with Gasteiger partial charge >= 0.3 is 0 Å². The number of halogens is 1. The van der Waals surface area contributed by atoms with Gasteiger partial charge in [0.2, 0.25) is 5.95 Å². The van der Waals surface area contributed by atoms with Crippen molar-refractivity contribution in [3.8, 4) is 0 Å². The van der Waals surface area contributed by atoms with Gasteiger partial charge in [0.05, 0.1) is 43.2 Å². The molecular formula is C24H28FN9O. The molecule has 2 fully saturated rings. The van der Waals surface area contributed by atoms with Crippen LogP contribution in [-0.2, 0) is 4.74 Å². The Labute approximate surface area is 203 Å². The highest BCUT2D eigenvalue weighted by atomic mass is 19.1. The molecule has 0 amide bonds. The maximum Gasteiger partial charge on any atom is 0.245 e. The van der Waals surface area contributed by atoms with Crippen molar-refractivity contribution in [1.82, 2.24) is 20.3 Å². The van der Waals surface area contributed by atoms with Crippen LogP contribution in [0.2, 0.25) is 0 Å². The van der Waals surface area contributed by atoms with Gasteiger partial charge in [-0.3, -0.25) is 4.98 Å². The maximum absolute atomic E-state index is 14.1. The lowest BCUT2D eigenvalue weighted by Gasteiger charge is -2.29. The minimum absolute atomic E-state index is 0.215. The van der Waals surface area contributed by atoms with Crippen LogP contribution in [-0.4, -0.2) is 73.6 Å². The van der Waals surface area contributed by atoms with Crippen molar-refractivity contribution < 1.29 is 9.13 Å². The summed E-state index contributed by atoms with van der Waals surface area (Å²) >= 11 is 0. The molecular weight excluding hydrogens is 449 g/mol. The van der Waals surface area contributed by atoms with Crippen molar-refractivity contribution in [2.45, 2.75) is 0 Å². The number of aromatic nitrogens is 3. The zero-order chi connectivity index (χ0) is 23.9. The summed E-state index contributed by atoms with van der Waals surface area (Å²) < 4.78 is 19.5. The van der Waals surface area contributed by atoms with E-state index in [0.29, 0.717) is 32.0 Å². The molecule has 35 heavy (non-hydrogen) atoms. The largest absolute Gasteiger partial charge is 0.378 e. The van der Waals surface area contributed by atoms with Crippen molar-refractivity contribution in [3.63, 3.8) is 0 Å². The van der Waals surface area contributed by atoms with Gasteiger partial charge in [-0.2, -0.15) is 10.1 Å². The lowest BCUT2D eigenvalue weighted by molar-refractivity contribution is 0.122. The van der Waals surface area contributed by atoms with Crippen LogP contribution in [0.1, 0.15) is 5.69 Å². The Balaban J connectivity index is 1.15. The van der Waals surface area contributed by atoms with Crippen LogP contribution in [0.25, 0.3) is 0 Å². The second-order valence-corrected chi connectivity index (χ2v) is 8.22. The van der Waals surface area contributed by atoms with Gasteiger partial charge in [0.15, 0.2) is 11.6 Å². The molecule has 182 valence electrons. The molecule has 4 heterocycles. The predicted octanol–water partition coefficient (Wildman–Crippen LogP) is 2.45. The van der Waals surface area contributed by atoms with Gasteiger partial charge in [-0.05, 0) is 36.4 Å². The number of rotatable bonds is 7. The van der Waals surface area contributed by atoms with E-state index < -0.39 is 5.82 Å². The zero-order valence-electron chi connectivity index (χ0n) is 19.3. The molecule has 3 N–H and O–H groups in total. The quantitative estimate of drug-likeness (QED) is 0.350. The summed E-state index contributed by atoms with van der Waals surface area (Å²) in [5.74, 6) is -0.00756. The predicted molar refractivity (Wildman–Crippen MR) is 135 cm³/mol. The van der Waals surface area contributed by atoms with Crippen LogP contribution in [0, 0.1) is 5.82 Å². The van der Waals surface area contributed by atoms with E-state index in [1.165, 1.54) is 5.69 Å². The first-order valence-corrected chi connectivity index (χ1v) is 11.7. The molecule has 3 aromatic rings. The number of anilines is 5. The molecule has 1 aromatic carbocycles. The number of nitrogens with zero attached hydrogens (tertiary/aromatic N) is 6. The summed E-state index contributed by atoms with van der Waals surface area (Å²) in [5, 5.41) is 10.9. The third-order valence-corrected chi connectivity index (χ3v) is 5.82. The molecule has 2 aromatic heterocycles. The number of nitrogens with one attached hydrogen (secondary N) is 3. The van der Waals surface area contributed by atoms with Gasteiger partial charge in [0, 0.05) is 50.6 Å². The molecule has 2 saturated heterocycles. The summed E-state index contributed by atoms with van der Waals surface area (Å²) in [6.45, 7) is 6.34. The van der Waals surface area contributed by atoms with Crippen molar-refractivity contribution in [1.29, 1.82) is 0 Å². The van der Waals surface area contributed by atoms with Crippen molar-refractivity contribution in [2.75, 3.05) is 73.0 Å². The Hall–Kier alpha value is -3.83.